The molecule has 0 radical (unpaired) electrons. The number of carboxylic acid groups (broad SMARTS) is 1. The van der Waals surface area contributed by atoms with E-state index in [0.717, 1.165) is 33.4 Å². The van der Waals surface area contributed by atoms with E-state index in [2.05, 4.69) is 0 Å². The number of methoxy groups -OCH3 is 1. The van der Waals surface area contributed by atoms with Crippen molar-refractivity contribution in [3.8, 4) is 11.5 Å². The summed E-state index contributed by atoms with van der Waals surface area (Å²) in [6.07, 6.45) is -9.56. The molecule has 0 aromatic heterocycles. The van der Waals surface area contributed by atoms with Crippen LogP contribution < -0.4 is 14.4 Å². The molecule has 1 saturated heterocycles. The highest BCUT2D eigenvalue weighted by atomic mass is 35.5. The standard InChI is InChI=1S/C49H58ClN3O20/c1-28(54)66-23-22-65-21-20-52(49(63)72-38-24-37-41(36-11-8-7-10-35(36)38)33(25-50)26-53(37)39(58)12-9-13-40(59)60)19-18-51(5)48(62)67-27-32-14-16-34(17-15-32)71-47-45(70-31(4)57)43(69-30(3)56)42(68-29(2)55)44(73-47)46(61)64-6/h7-8,10-11,14-17,24,33,42-45,47H,9,12-13,18-23,25-27H2,1-6H3,(H,59,60)/t33-,42+,43+,44+,45-,47-/m1/s1. The Morgan fingerprint density at radius 2 is 1.41 bits per heavy atom. The maximum Gasteiger partial charge on any atom is 0.415 e. The number of rotatable bonds is 23. The van der Waals surface area contributed by atoms with Crippen molar-refractivity contribution < 1.29 is 95.6 Å². The molecule has 2 aliphatic heterocycles. The number of benzene rings is 3. The Kier molecular flexibility index (Phi) is 21.0. The van der Waals surface area contributed by atoms with E-state index < -0.39 is 78.7 Å². The third-order valence-corrected chi connectivity index (χ3v) is 11.7. The third kappa shape index (κ3) is 15.9. The molecule has 0 saturated carbocycles. The van der Waals surface area contributed by atoms with Crippen LogP contribution in [0.15, 0.2) is 54.6 Å². The van der Waals surface area contributed by atoms with E-state index in [1.807, 2.05) is 12.1 Å². The van der Waals surface area contributed by atoms with E-state index in [1.54, 1.807) is 30.3 Å². The lowest BCUT2D eigenvalue weighted by Crippen LogP contribution is -2.64. The number of hydrogen-bond donors (Lipinski definition) is 1. The maximum absolute atomic E-state index is 14.1. The van der Waals surface area contributed by atoms with E-state index in [1.165, 1.54) is 40.8 Å². The van der Waals surface area contributed by atoms with Gasteiger partial charge in [0.05, 0.1) is 26.0 Å². The summed E-state index contributed by atoms with van der Waals surface area (Å²) < 4.78 is 54.8. The molecule has 5 rings (SSSR count). The number of hydrogen-bond acceptors (Lipinski definition) is 19. The molecule has 0 spiro atoms. The van der Waals surface area contributed by atoms with Crippen LogP contribution in [0, 0.1) is 0 Å². The Balaban J connectivity index is 1.26. The number of ether oxygens (including phenoxy) is 10. The monoisotopic (exact) mass is 1040 g/mol. The number of carbonyl (C=O) groups is 9. The first-order valence-electron chi connectivity index (χ1n) is 23.0. The zero-order valence-electron chi connectivity index (χ0n) is 41.1. The van der Waals surface area contributed by atoms with Crippen molar-refractivity contribution in [2.75, 3.05) is 70.9 Å². The van der Waals surface area contributed by atoms with Crippen molar-refractivity contribution in [2.24, 2.45) is 0 Å². The average Bonchev–Trinajstić information content (AvgIpc) is 3.72. The van der Waals surface area contributed by atoms with Crippen LogP contribution in [-0.4, -0.2) is 166 Å². The van der Waals surface area contributed by atoms with E-state index in [0.29, 0.717) is 22.0 Å². The van der Waals surface area contributed by atoms with Crippen LogP contribution in [0.3, 0.4) is 0 Å². The molecule has 3 amide bonds. The van der Waals surface area contributed by atoms with Crippen LogP contribution >= 0.6 is 11.6 Å². The SMILES string of the molecule is COC(=O)[C@H]1O[C@@H](Oc2ccc(COC(=O)N(C)CCN(CCOCCOC(C)=O)C(=O)Oc3cc4c(c5ccccc35)[C@H](CCl)CN4C(=O)CCCC(=O)O)cc2)[C@H](OC(C)=O)[C@@H](OC(C)=O)[C@@H]1OC(C)=O. The van der Waals surface area contributed by atoms with Gasteiger partial charge >= 0.3 is 48.0 Å². The lowest BCUT2D eigenvalue weighted by atomic mass is 9.95. The van der Waals surface area contributed by atoms with Crippen LogP contribution in [0.1, 0.15) is 64.0 Å². The summed E-state index contributed by atoms with van der Waals surface area (Å²) in [5.74, 6) is -5.16. The van der Waals surface area contributed by atoms with Crippen molar-refractivity contribution in [3.63, 3.8) is 0 Å². The van der Waals surface area contributed by atoms with Gasteiger partial charge in [-0.2, -0.15) is 0 Å². The number of amides is 3. The molecule has 1 fully saturated rings. The second-order valence-corrected chi connectivity index (χ2v) is 17.0. The smallest absolute Gasteiger partial charge is 0.415 e. The molecule has 3 aromatic carbocycles. The molecule has 0 aliphatic carbocycles. The summed E-state index contributed by atoms with van der Waals surface area (Å²) in [7, 11) is 2.52. The second-order valence-electron chi connectivity index (χ2n) is 16.7. The Hall–Kier alpha value is -7.24. The molecule has 24 heteroatoms. The molecular weight excluding hydrogens is 986 g/mol. The van der Waals surface area contributed by atoms with Gasteiger partial charge in [-0.15, -0.1) is 11.6 Å². The van der Waals surface area contributed by atoms with E-state index in [9.17, 15) is 43.2 Å². The summed E-state index contributed by atoms with van der Waals surface area (Å²) in [6.45, 7) is 4.38. The lowest BCUT2D eigenvalue weighted by molar-refractivity contribution is -0.282. The number of alkyl halides is 1. The van der Waals surface area contributed by atoms with Crippen molar-refractivity contribution in [1.29, 1.82) is 0 Å². The van der Waals surface area contributed by atoms with Gasteiger partial charge in [-0.3, -0.25) is 28.8 Å². The molecule has 0 unspecified atom stereocenters. The van der Waals surface area contributed by atoms with Gasteiger partial charge in [-0.1, -0.05) is 36.4 Å². The second kappa shape index (κ2) is 27.0. The number of halogens is 1. The highest BCUT2D eigenvalue weighted by Gasteiger charge is 2.56. The van der Waals surface area contributed by atoms with Gasteiger partial charge in [0, 0.05) is 97.0 Å². The van der Waals surface area contributed by atoms with Crippen molar-refractivity contribution >= 4 is 82.0 Å². The minimum atomic E-state index is -1.67. The molecule has 2 heterocycles. The Morgan fingerprint density at radius 1 is 0.753 bits per heavy atom. The van der Waals surface area contributed by atoms with Gasteiger partial charge in [0.25, 0.3) is 0 Å². The zero-order valence-corrected chi connectivity index (χ0v) is 41.8. The lowest BCUT2D eigenvalue weighted by Gasteiger charge is -2.43. The molecular formula is C49H58ClN3O20. The van der Waals surface area contributed by atoms with Crippen LogP contribution in [0.4, 0.5) is 15.3 Å². The van der Waals surface area contributed by atoms with Crippen molar-refractivity contribution in [1.82, 2.24) is 9.80 Å². The first-order chi connectivity index (χ1) is 34.8. The molecule has 2 aliphatic rings. The summed E-state index contributed by atoms with van der Waals surface area (Å²) in [4.78, 5) is 116. The Morgan fingerprint density at radius 3 is 2.04 bits per heavy atom. The predicted molar refractivity (Wildman–Crippen MR) is 254 cm³/mol. The summed E-state index contributed by atoms with van der Waals surface area (Å²) in [5, 5.41) is 10.4. The highest BCUT2D eigenvalue weighted by molar-refractivity contribution is 6.19. The average molecular weight is 1040 g/mol. The van der Waals surface area contributed by atoms with Gasteiger partial charge < -0.3 is 67.2 Å². The number of nitrogens with zero attached hydrogens (tertiary/aromatic N) is 3. The van der Waals surface area contributed by atoms with E-state index in [4.69, 9.17) is 64.1 Å². The Labute approximate surface area is 424 Å². The zero-order chi connectivity index (χ0) is 53.4. The molecule has 23 nitrogen and oxygen atoms in total. The van der Waals surface area contributed by atoms with Crippen LogP contribution in [0.2, 0.25) is 0 Å². The summed E-state index contributed by atoms with van der Waals surface area (Å²) in [6, 6.07) is 14.8. The van der Waals surface area contributed by atoms with Gasteiger partial charge in [0.1, 0.15) is 24.7 Å². The fraction of sp³-hybridized carbons (Fsp3) is 0.490. The molecule has 396 valence electrons. The first-order valence-corrected chi connectivity index (χ1v) is 23.5. The minimum absolute atomic E-state index is 0.00406. The van der Waals surface area contributed by atoms with E-state index >= 15 is 0 Å². The van der Waals surface area contributed by atoms with Gasteiger partial charge in [-0.25, -0.2) is 14.4 Å². The number of carbonyl (C=O) groups excluding carboxylic acids is 8. The fourth-order valence-electron chi connectivity index (χ4n) is 7.95. The largest absolute Gasteiger partial charge is 0.481 e. The van der Waals surface area contributed by atoms with Crippen LogP contribution in [0.5, 0.6) is 11.5 Å². The van der Waals surface area contributed by atoms with Crippen LogP contribution in [-0.2, 0) is 78.1 Å². The topological polar surface area (TPSA) is 276 Å². The predicted octanol–water partition coefficient (Wildman–Crippen LogP) is 4.48. The molecule has 73 heavy (non-hydrogen) atoms. The third-order valence-electron chi connectivity index (χ3n) is 11.3. The van der Waals surface area contributed by atoms with E-state index in [-0.39, 0.29) is 101 Å². The fourth-order valence-corrected chi connectivity index (χ4v) is 8.20. The van der Waals surface area contributed by atoms with Gasteiger partial charge in [-0.05, 0) is 35.1 Å². The molecule has 0 bridgehead atoms. The minimum Gasteiger partial charge on any atom is -0.481 e. The van der Waals surface area contributed by atoms with Crippen molar-refractivity contribution in [3.05, 3.63) is 65.7 Å². The molecule has 6 atom stereocenters. The van der Waals surface area contributed by atoms with Gasteiger partial charge in [0.2, 0.25) is 18.3 Å². The number of likely N-dealkylation sites (N-methyl/N-ethyl adjacent to an activating group) is 1. The number of esters is 5. The van der Waals surface area contributed by atoms with Crippen molar-refractivity contribution in [2.45, 2.75) is 90.2 Å². The number of fused-ring (bicyclic) bond motifs is 3. The normalized spacial score (nSPS) is 18.9. The molecule has 1 N–H and O–H groups in total. The number of aliphatic carboxylic acids is 1. The maximum atomic E-state index is 14.1. The summed E-state index contributed by atoms with van der Waals surface area (Å²) in [5.41, 5.74) is 1.78. The van der Waals surface area contributed by atoms with Crippen LogP contribution in [0.25, 0.3) is 10.8 Å². The van der Waals surface area contributed by atoms with Gasteiger partial charge in [0.15, 0.2) is 18.3 Å². The first kappa shape index (κ1) is 56.7. The highest BCUT2D eigenvalue weighted by Crippen LogP contribution is 2.46. The quantitative estimate of drug-likeness (QED) is 0.0593. The summed E-state index contributed by atoms with van der Waals surface area (Å²) >= 11 is 6.41. The number of carboxylic acids is 1. The number of anilines is 1. The molecule has 3 aromatic rings. The Bertz CT molecular complexity index is 2490.